The van der Waals surface area contributed by atoms with Crippen LogP contribution in [-0.4, -0.2) is 29.5 Å². The summed E-state index contributed by atoms with van der Waals surface area (Å²) >= 11 is 0. The number of nitrogens with zero attached hydrogens (tertiary/aromatic N) is 6. The lowest BCUT2D eigenvalue weighted by Crippen LogP contribution is -1.97. The fourth-order valence-corrected chi connectivity index (χ4v) is 7.35. The van der Waals surface area contributed by atoms with Gasteiger partial charge < -0.3 is 0 Å². The van der Waals surface area contributed by atoms with Crippen LogP contribution in [-0.2, 0) is 0 Å². The van der Waals surface area contributed by atoms with Gasteiger partial charge in [0, 0.05) is 51.6 Å². The van der Waals surface area contributed by atoms with E-state index in [2.05, 4.69) is 136 Å². The third kappa shape index (κ3) is 6.11. The van der Waals surface area contributed by atoms with Crippen LogP contribution >= 0.6 is 0 Å². The van der Waals surface area contributed by atoms with Gasteiger partial charge in [-0.15, -0.1) is 0 Å². The molecule has 6 heteroatoms. The van der Waals surface area contributed by atoms with E-state index < -0.39 is 0 Å². The first-order valence-electron chi connectivity index (χ1n) is 18.2. The lowest BCUT2D eigenvalue weighted by Gasteiger charge is -2.13. The minimum absolute atomic E-state index is 0.660. The van der Waals surface area contributed by atoms with Crippen molar-refractivity contribution in [1.29, 1.82) is 0 Å². The van der Waals surface area contributed by atoms with E-state index >= 15 is 0 Å². The molecule has 4 heterocycles. The number of pyridine rings is 1. The third-order valence-electron chi connectivity index (χ3n) is 10.0. The molecule has 55 heavy (non-hydrogen) atoms. The monoisotopic (exact) mass is 704 g/mol. The van der Waals surface area contributed by atoms with Crippen LogP contribution in [0.1, 0.15) is 0 Å². The quantitative estimate of drug-likeness (QED) is 0.165. The molecule has 0 saturated carbocycles. The average Bonchev–Trinajstić information content (AvgIpc) is 3.61. The summed E-state index contributed by atoms with van der Waals surface area (Å²) in [5.74, 6) is 1.55. The van der Waals surface area contributed by atoms with E-state index in [1.54, 1.807) is 18.6 Å². The van der Waals surface area contributed by atoms with E-state index in [1.807, 2.05) is 54.7 Å². The molecule has 0 fully saturated rings. The van der Waals surface area contributed by atoms with Crippen molar-refractivity contribution in [2.45, 2.75) is 0 Å². The van der Waals surface area contributed by atoms with Crippen LogP contribution in [0.2, 0.25) is 0 Å². The van der Waals surface area contributed by atoms with Crippen molar-refractivity contribution < 1.29 is 0 Å². The van der Waals surface area contributed by atoms with Crippen molar-refractivity contribution in [3.8, 4) is 73.2 Å². The molecule has 0 radical (unpaired) electrons. The third-order valence-corrected chi connectivity index (χ3v) is 10.0. The number of hydrogen-bond donors (Lipinski definition) is 0. The molecule has 0 aliphatic heterocycles. The predicted molar refractivity (Wildman–Crippen MR) is 222 cm³/mol. The largest absolute Gasteiger partial charge is 0.294 e. The van der Waals surface area contributed by atoms with Crippen LogP contribution in [0.15, 0.2) is 195 Å². The second kappa shape index (κ2) is 13.8. The summed E-state index contributed by atoms with van der Waals surface area (Å²) in [6.45, 7) is 0. The Bertz CT molecular complexity index is 2890. The first-order chi connectivity index (χ1) is 27.2. The Morgan fingerprint density at radius 1 is 0.345 bits per heavy atom. The molecular weight excluding hydrogens is 673 g/mol. The van der Waals surface area contributed by atoms with E-state index in [0.717, 1.165) is 83.8 Å². The molecule has 4 aromatic heterocycles. The summed E-state index contributed by atoms with van der Waals surface area (Å²) in [6.07, 6.45) is 7.04. The maximum Gasteiger partial charge on any atom is 0.160 e. The second-order valence-corrected chi connectivity index (χ2v) is 13.4. The highest BCUT2D eigenvalue weighted by Crippen LogP contribution is 2.38. The fraction of sp³-hybridized carbons (Fsp3) is 0. The number of para-hydroxylation sites is 1. The maximum absolute atomic E-state index is 5.21. The molecule has 0 aliphatic rings. The van der Waals surface area contributed by atoms with Crippen LogP contribution < -0.4 is 0 Å². The van der Waals surface area contributed by atoms with Gasteiger partial charge in [0.05, 0.1) is 34.3 Å². The number of fused-ring (bicyclic) bond motifs is 3. The van der Waals surface area contributed by atoms with Crippen LogP contribution in [0.3, 0.4) is 0 Å². The van der Waals surface area contributed by atoms with Gasteiger partial charge in [-0.1, -0.05) is 115 Å². The molecule has 0 spiro atoms. The molecule has 6 nitrogen and oxygen atoms in total. The summed E-state index contributed by atoms with van der Waals surface area (Å²) in [6, 6.07) is 59.2. The zero-order valence-corrected chi connectivity index (χ0v) is 29.7. The molecule has 0 amide bonds. The Kier molecular flexibility index (Phi) is 8.04. The highest BCUT2D eigenvalue weighted by atomic mass is 15.1. The molecular formula is C49H32N6. The summed E-state index contributed by atoms with van der Waals surface area (Å²) in [5.41, 5.74) is 13.1. The molecule has 0 saturated heterocycles. The van der Waals surface area contributed by atoms with Gasteiger partial charge in [0.2, 0.25) is 0 Å². The maximum atomic E-state index is 5.21. The standard InChI is InChI=1S/C49H32N6/c1-3-11-34(12-4-1)43-31-44(35-13-5-2-6-14-35)54-49(53-43)40-28-38(33-18-20-36(21-19-33)45-32-50-25-26-51-45)27-39(29-40)37-22-23-47-42(30-37)41-15-7-8-16-46(41)55(47)48-17-9-10-24-52-48/h1-32H. The van der Waals surface area contributed by atoms with Crippen molar-refractivity contribution in [2.75, 3.05) is 0 Å². The molecule has 0 unspecified atom stereocenters. The van der Waals surface area contributed by atoms with Crippen molar-refractivity contribution in [2.24, 2.45) is 0 Å². The fourth-order valence-electron chi connectivity index (χ4n) is 7.35. The number of hydrogen-bond acceptors (Lipinski definition) is 5. The first kappa shape index (κ1) is 32.1. The van der Waals surface area contributed by atoms with Gasteiger partial charge in [-0.25, -0.2) is 15.0 Å². The van der Waals surface area contributed by atoms with Gasteiger partial charge in [0.1, 0.15) is 5.82 Å². The Morgan fingerprint density at radius 2 is 0.945 bits per heavy atom. The molecule has 10 aromatic rings. The van der Waals surface area contributed by atoms with Gasteiger partial charge in [-0.2, -0.15) is 0 Å². The Balaban J connectivity index is 1.18. The zero-order chi connectivity index (χ0) is 36.6. The lowest BCUT2D eigenvalue weighted by molar-refractivity contribution is 1.08. The second-order valence-electron chi connectivity index (χ2n) is 13.4. The number of rotatable bonds is 7. The SMILES string of the molecule is c1ccc(-c2cc(-c3ccccc3)nc(-c3cc(-c4ccc(-c5cnccn5)cc4)cc(-c4ccc5c(c4)c4ccccc4n5-c4ccccn4)c3)n2)cc1. The van der Waals surface area contributed by atoms with Crippen LogP contribution in [0.5, 0.6) is 0 Å². The summed E-state index contributed by atoms with van der Waals surface area (Å²) < 4.78 is 2.24. The highest BCUT2D eigenvalue weighted by Gasteiger charge is 2.17. The summed E-state index contributed by atoms with van der Waals surface area (Å²) in [5, 5.41) is 2.33. The Hall–Kier alpha value is -7.57. The van der Waals surface area contributed by atoms with E-state index in [-0.39, 0.29) is 0 Å². The molecule has 0 aliphatic carbocycles. The average molecular weight is 705 g/mol. The van der Waals surface area contributed by atoms with Gasteiger partial charge in [-0.3, -0.25) is 14.5 Å². The van der Waals surface area contributed by atoms with Crippen molar-refractivity contribution in [1.82, 2.24) is 29.5 Å². The topological polar surface area (TPSA) is 69.4 Å². The minimum Gasteiger partial charge on any atom is -0.294 e. The van der Waals surface area contributed by atoms with Gasteiger partial charge in [0.25, 0.3) is 0 Å². The first-order valence-corrected chi connectivity index (χ1v) is 18.2. The Labute approximate surface area is 318 Å². The molecule has 0 bridgehead atoms. The molecule has 6 aromatic carbocycles. The molecule has 258 valence electrons. The van der Waals surface area contributed by atoms with E-state index in [1.165, 1.54) is 5.39 Å². The number of benzene rings is 6. The van der Waals surface area contributed by atoms with E-state index in [9.17, 15) is 0 Å². The van der Waals surface area contributed by atoms with Gasteiger partial charge in [0.15, 0.2) is 5.82 Å². The van der Waals surface area contributed by atoms with E-state index in [4.69, 9.17) is 15.0 Å². The van der Waals surface area contributed by atoms with Crippen LogP contribution in [0.4, 0.5) is 0 Å². The summed E-state index contributed by atoms with van der Waals surface area (Å²) in [4.78, 5) is 23.9. The summed E-state index contributed by atoms with van der Waals surface area (Å²) in [7, 11) is 0. The molecule has 0 atom stereocenters. The normalized spacial score (nSPS) is 11.3. The minimum atomic E-state index is 0.660. The van der Waals surface area contributed by atoms with Gasteiger partial charge in [-0.05, 0) is 76.9 Å². The zero-order valence-electron chi connectivity index (χ0n) is 29.7. The lowest BCUT2D eigenvalue weighted by atomic mass is 9.94. The predicted octanol–water partition coefficient (Wildman–Crippen LogP) is 11.8. The van der Waals surface area contributed by atoms with Crippen molar-refractivity contribution in [3.05, 3.63) is 195 Å². The highest BCUT2D eigenvalue weighted by molar-refractivity contribution is 6.10. The number of aromatic nitrogens is 6. The molecule has 10 rings (SSSR count). The molecule has 0 N–H and O–H groups in total. The van der Waals surface area contributed by atoms with Crippen molar-refractivity contribution >= 4 is 21.8 Å². The smallest absolute Gasteiger partial charge is 0.160 e. The van der Waals surface area contributed by atoms with Crippen LogP contribution in [0, 0.1) is 0 Å². The van der Waals surface area contributed by atoms with Crippen molar-refractivity contribution in [3.63, 3.8) is 0 Å². The van der Waals surface area contributed by atoms with Crippen LogP contribution in [0.25, 0.3) is 95.0 Å². The van der Waals surface area contributed by atoms with E-state index in [0.29, 0.717) is 5.82 Å². The van der Waals surface area contributed by atoms with Gasteiger partial charge >= 0.3 is 0 Å². The Morgan fingerprint density at radius 3 is 1.64 bits per heavy atom.